The molecule has 0 N–H and O–H groups in total. The summed E-state index contributed by atoms with van der Waals surface area (Å²) in [6, 6.07) is 7.37. The smallest absolute Gasteiger partial charge is 0.267 e. The Kier molecular flexibility index (Phi) is 3.79. The third-order valence-electron chi connectivity index (χ3n) is 3.23. The third-order valence-corrected chi connectivity index (χ3v) is 4.05. The molecule has 2 heterocycles. The van der Waals surface area contributed by atoms with Gasteiger partial charge in [0.25, 0.3) is 5.91 Å². The Balaban J connectivity index is 1.66. The van der Waals surface area contributed by atoms with Crippen molar-refractivity contribution in [3.05, 3.63) is 40.3 Å². The number of amides is 1. The summed E-state index contributed by atoms with van der Waals surface area (Å²) >= 11 is 1.58. The molecule has 0 fully saturated rings. The number of ether oxygens (including phenoxy) is 2. The minimum atomic E-state index is -0.607. The van der Waals surface area contributed by atoms with Gasteiger partial charge >= 0.3 is 0 Å². The maximum Gasteiger partial charge on any atom is 0.267 e. The fourth-order valence-corrected chi connectivity index (χ4v) is 2.79. The van der Waals surface area contributed by atoms with Crippen molar-refractivity contribution in [3.63, 3.8) is 0 Å². The van der Waals surface area contributed by atoms with E-state index in [1.807, 2.05) is 30.5 Å². The Morgan fingerprint density at radius 3 is 2.90 bits per heavy atom. The molecule has 0 saturated heterocycles. The van der Waals surface area contributed by atoms with Gasteiger partial charge in [-0.05, 0) is 19.1 Å². The molecule has 110 valence electrons. The highest BCUT2D eigenvalue weighted by Crippen LogP contribution is 2.31. The van der Waals surface area contributed by atoms with E-state index in [4.69, 9.17) is 9.47 Å². The highest BCUT2D eigenvalue weighted by Gasteiger charge is 2.29. The van der Waals surface area contributed by atoms with Gasteiger partial charge in [-0.25, -0.2) is 4.98 Å². The van der Waals surface area contributed by atoms with Gasteiger partial charge in [-0.15, -0.1) is 11.3 Å². The maximum atomic E-state index is 12.4. The molecule has 0 spiro atoms. The number of hydrogen-bond acceptors (Lipinski definition) is 5. The predicted octanol–water partition coefficient (Wildman–Crippen LogP) is 2.25. The molecule has 6 heteroatoms. The van der Waals surface area contributed by atoms with E-state index in [1.165, 1.54) is 0 Å². The molecule has 1 amide bonds. The Labute approximate surface area is 127 Å². The van der Waals surface area contributed by atoms with Crippen molar-refractivity contribution >= 4 is 17.2 Å². The van der Waals surface area contributed by atoms with Crippen LogP contribution in [0.2, 0.25) is 0 Å². The van der Waals surface area contributed by atoms with Crippen LogP contribution in [0, 0.1) is 6.92 Å². The SMILES string of the molecule is Cc1nc(CN(C)C(=O)C2COc3ccccc3O2)cs1. The fourth-order valence-electron chi connectivity index (χ4n) is 2.19. The summed E-state index contributed by atoms with van der Waals surface area (Å²) in [7, 11) is 1.75. The molecule has 1 atom stereocenters. The van der Waals surface area contributed by atoms with Crippen molar-refractivity contribution in [2.24, 2.45) is 0 Å². The molecule has 21 heavy (non-hydrogen) atoms. The van der Waals surface area contributed by atoms with Crippen LogP contribution in [0.5, 0.6) is 11.5 Å². The summed E-state index contributed by atoms with van der Waals surface area (Å²) in [5.74, 6) is 1.19. The van der Waals surface area contributed by atoms with Crippen LogP contribution >= 0.6 is 11.3 Å². The minimum Gasteiger partial charge on any atom is -0.485 e. The molecule has 1 aromatic carbocycles. The van der Waals surface area contributed by atoms with Crippen LogP contribution in [0.3, 0.4) is 0 Å². The highest BCUT2D eigenvalue weighted by molar-refractivity contribution is 7.09. The van der Waals surface area contributed by atoms with Gasteiger partial charge in [0.05, 0.1) is 17.2 Å². The van der Waals surface area contributed by atoms with Gasteiger partial charge in [-0.1, -0.05) is 12.1 Å². The lowest BCUT2D eigenvalue weighted by Gasteiger charge is -2.28. The number of thiazole rings is 1. The summed E-state index contributed by atoms with van der Waals surface area (Å²) in [5, 5.41) is 2.96. The van der Waals surface area contributed by atoms with Crippen LogP contribution in [0.4, 0.5) is 0 Å². The number of para-hydroxylation sites is 2. The highest BCUT2D eigenvalue weighted by atomic mass is 32.1. The largest absolute Gasteiger partial charge is 0.485 e. The molecule has 1 aliphatic heterocycles. The summed E-state index contributed by atoms with van der Waals surface area (Å²) < 4.78 is 11.3. The number of carbonyl (C=O) groups excluding carboxylic acids is 1. The van der Waals surface area contributed by atoms with E-state index in [9.17, 15) is 4.79 Å². The molecule has 2 aromatic rings. The number of rotatable bonds is 3. The lowest BCUT2D eigenvalue weighted by atomic mass is 10.2. The van der Waals surface area contributed by atoms with Crippen molar-refractivity contribution in [1.82, 2.24) is 9.88 Å². The summed E-state index contributed by atoms with van der Waals surface area (Å²) in [6.45, 7) is 2.66. The molecule has 5 nitrogen and oxygen atoms in total. The lowest BCUT2D eigenvalue weighted by molar-refractivity contribution is -0.140. The van der Waals surface area contributed by atoms with Crippen LogP contribution < -0.4 is 9.47 Å². The second-order valence-corrected chi connectivity index (χ2v) is 5.98. The monoisotopic (exact) mass is 304 g/mol. The van der Waals surface area contributed by atoms with Crippen LogP contribution in [0.15, 0.2) is 29.6 Å². The summed E-state index contributed by atoms with van der Waals surface area (Å²) in [5.41, 5.74) is 0.894. The molecule has 0 radical (unpaired) electrons. The number of aromatic nitrogens is 1. The quantitative estimate of drug-likeness (QED) is 0.873. The first-order chi connectivity index (χ1) is 10.1. The van der Waals surface area contributed by atoms with E-state index in [2.05, 4.69) is 4.98 Å². The van der Waals surface area contributed by atoms with Crippen LogP contribution in [0.25, 0.3) is 0 Å². The van der Waals surface area contributed by atoms with Crippen LogP contribution in [0.1, 0.15) is 10.7 Å². The third kappa shape index (κ3) is 3.00. The van der Waals surface area contributed by atoms with Crippen molar-refractivity contribution in [3.8, 4) is 11.5 Å². The predicted molar refractivity (Wildman–Crippen MR) is 79.7 cm³/mol. The summed E-state index contributed by atoms with van der Waals surface area (Å²) in [6.07, 6.45) is -0.607. The van der Waals surface area contributed by atoms with Crippen LogP contribution in [-0.2, 0) is 11.3 Å². The first-order valence-electron chi connectivity index (χ1n) is 6.68. The first kappa shape index (κ1) is 13.9. The Morgan fingerprint density at radius 2 is 2.19 bits per heavy atom. The zero-order valence-electron chi connectivity index (χ0n) is 11.9. The van der Waals surface area contributed by atoms with Crippen LogP contribution in [-0.4, -0.2) is 35.5 Å². The zero-order chi connectivity index (χ0) is 14.8. The molecular weight excluding hydrogens is 288 g/mol. The average molecular weight is 304 g/mol. The number of likely N-dealkylation sites (N-methyl/N-ethyl adjacent to an activating group) is 1. The fraction of sp³-hybridized carbons (Fsp3) is 0.333. The van der Waals surface area contributed by atoms with E-state index in [-0.39, 0.29) is 12.5 Å². The number of nitrogens with zero attached hydrogens (tertiary/aromatic N) is 2. The van der Waals surface area contributed by atoms with E-state index >= 15 is 0 Å². The standard InChI is InChI=1S/C15H16N2O3S/c1-10-16-11(9-21-10)7-17(2)15(18)14-8-19-12-5-3-4-6-13(12)20-14/h3-6,9,14H,7-8H2,1-2H3. The first-order valence-corrected chi connectivity index (χ1v) is 7.56. The molecule has 1 aliphatic rings. The zero-order valence-corrected chi connectivity index (χ0v) is 12.7. The molecule has 3 rings (SSSR count). The van der Waals surface area contributed by atoms with E-state index in [0.717, 1.165) is 10.7 Å². The molecule has 0 bridgehead atoms. The average Bonchev–Trinajstić information content (AvgIpc) is 2.91. The van der Waals surface area contributed by atoms with Gasteiger partial charge in [-0.2, -0.15) is 0 Å². The van der Waals surface area contributed by atoms with Crippen molar-refractivity contribution in [1.29, 1.82) is 0 Å². The van der Waals surface area contributed by atoms with Gasteiger partial charge in [0, 0.05) is 12.4 Å². The van der Waals surface area contributed by atoms with Crippen molar-refractivity contribution in [2.45, 2.75) is 19.6 Å². The number of fused-ring (bicyclic) bond motifs is 1. The lowest BCUT2D eigenvalue weighted by Crippen LogP contribution is -2.44. The van der Waals surface area contributed by atoms with E-state index in [0.29, 0.717) is 18.0 Å². The molecule has 1 aromatic heterocycles. The number of aryl methyl sites for hydroxylation is 1. The topological polar surface area (TPSA) is 51.7 Å². The van der Waals surface area contributed by atoms with E-state index < -0.39 is 6.10 Å². The molecular formula is C15H16N2O3S. The number of benzene rings is 1. The maximum absolute atomic E-state index is 12.4. The summed E-state index contributed by atoms with van der Waals surface area (Å²) in [4.78, 5) is 18.4. The minimum absolute atomic E-state index is 0.102. The number of hydrogen-bond donors (Lipinski definition) is 0. The second-order valence-electron chi connectivity index (χ2n) is 4.92. The molecule has 0 aliphatic carbocycles. The van der Waals surface area contributed by atoms with Gasteiger partial charge in [0.2, 0.25) is 6.10 Å². The van der Waals surface area contributed by atoms with E-state index in [1.54, 1.807) is 29.4 Å². The molecule has 0 saturated carbocycles. The Morgan fingerprint density at radius 1 is 1.43 bits per heavy atom. The van der Waals surface area contributed by atoms with Gasteiger partial charge < -0.3 is 14.4 Å². The van der Waals surface area contributed by atoms with Gasteiger partial charge in [0.1, 0.15) is 6.61 Å². The van der Waals surface area contributed by atoms with Gasteiger partial charge in [0.15, 0.2) is 11.5 Å². The normalized spacial score (nSPS) is 16.6. The number of carbonyl (C=O) groups is 1. The Hall–Kier alpha value is -2.08. The molecule has 1 unspecified atom stereocenters. The second kappa shape index (κ2) is 5.73. The Bertz CT molecular complexity index is 656. The van der Waals surface area contributed by atoms with Crippen molar-refractivity contribution < 1.29 is 14.3 Å². The van der Waals surface area contributed by atoms with Crippen molar-refractivity contribution in [2.75, 3.05) is 13.7 Å². The van der Waals surface area contributed by atoms with Gasteiger partial charge in [-0.3, -0.25) is 4.79 Å².